The largest absolute Gasteiger partial charge is 0.481 e. The average Bonchev–Trinajstić information content (AvgIpc) is 3.21. The zero-order valence-electron chi connectivity index (χ0n) is 15.9. The van der Waals surface area contributed by atoms with Crippen LogP contribution in [0, 0.1) is 24.2 Å². The number of amides is 3. The van der Waals surface area contributed by atoms with Crippen molar-refractivity contribution in [2.24, 2.45) is 17.3 Å². The van der Waals surface area contributed by atoms with Crippen LogP contribution in [-0.4, -0.2) is 23.0 Å². The zero-order chi connectivity index (χ0) is 20.5. The second-order valence-electron chi connectivity index (χ2n) is 7.58. The fourth-order valence-electron chi connectivity index (χ4n) is 3.45. The molecule has 0 radical (unpaired) electrons. The van der Waals surface area contributed by atoms with Crippen LogP contribution >= 0.6 is 0 Å². The summed E-state index contributed by atoms with van der Waals surface area (Å²) in [5.41, 5.74) is 1.95. The van der Waals surface area contributed by atoms with Crippen molar-refractivity contribution in [2.45, 2.75) is 20.8 Å². The van der Waals surface area contributed by atoms with Gasteiger partial charge in [0.1, 0.15) is 0 Å². The number of carboxylic acid groups (broad SMARTS) is 1. The second-order valence-corrected chi connectivity index (χ2v) is 7.58. The molecule has 1 aliphatic rings. The molecule has 2 atom stereocenters. The number of aryl methyl sites for hydroxylation is 1. The van der Waals surface area contributed by atoms with E-state index < -0.39 is 29.3 Å². The number of nitrogens with one attached hydrogen (secondary N) is 3. The second kappa shape index (κ2) is 7.34. The summed E-state index contributed by atoms with van der Waals surface area (Å²) in [5, 5.41) is 17.5. The zero-order valence-corrected chi connectivity index (χ0v) is 15.9. The van der Waals surface area contributed by atoms with Crippen LogP contribution in [0.2, 0.25) is 0 Å². The fraction of sp³-hybridized carbons (Fsp3) is 0.286. The highest BCUT2D eigenvalue weighted by Crippen LogP contribution is 2.58. The van der Waals surface area contributed by atoms with Gasteiger partial charge in [0.25, 0.3) is 0 Å². The minimum Gasteiger partial charge on any atom is -0.481 e. The molecule has 0 bridgehead atoms. The lowest BCUT2D eigenvalue weighted by atomic mass is 10.1. The molecule has 0 unspecified atom stereocenters. The minimum atomic E-state index is -0.963. The Hall–Kier alpha value is -3.35. The SMILES string of the molecule is Cc1ccc(NC(=O)Nc2ccccc2)cc1NC(=O)[C@@H]1[C@H](C(=O)O)C1(C)C. The molecule has 7 heteroatoms. The van der Waals surface area contributed by atoms with E-state index in [0.717, 1.165) is 5.56 Å². The van der Waals surface area contributed by atoms with Gasteiger partial charge in [-0.15, -0.1) is 0 Å². The van der Waals surface area contributed by atoms with Gasteiger partial charge in [0.2, 0.25) is 5.91 Å². The summed E-state index contributed by atoms with van der Waals surface area (Å²) in [6.45, 7) is 5.37. The van der Waals surface area contributed by atoms with Crippen molar-refractivity contribution >= 4 is 35.0 Å². The van der Waals surface area contributed by atoms with Gasteiger partial charge in [0.15, 0.2) is 0 Å². The molecule has 1 aliphatic carbocycles. The molecule has 0 spiro atoms. The van der Waals surface area contributed by atoms with Gasteiger partial charge in [-0.2, -0.15) is 0 Å². The molecule has 3 rings (SSSR count). The Labute approximate surface area is 163 Å². The maximum atomic E-state index is 12.6. The third-order valence-corrected chi connectivity index (χ3v) is 5.16. The van der Waals surface area contributed by atoms with Crippen LogP contribution in [0.1, 0.15) is 19.4 Å². The van der Waals surface area contributed by atoms with Crippen molar-refractivity contribution in [1.82, 2.24) is 0 Å². The Bertz CT molecular complexity index is 925. The molecule has 0 aromatic heterocycles. The van der Waals surface area contributed by atoms with Crippen molar-refractivity contribution < 1.29 is 19.5 Å². The van der Waals surface area contributed by atoms with Gasteiger partial charge >= 0.3 is 12.0 Å². The van der Waals surface area contributed by atoms with Gasteiger partial charge in [-0.25, -0.2) is 4.79 Å². The highest BCUT2D eigenvalue weighted by Gasteiger charge is 2.65. The quantitative estimate of drug-likeness (QED) is 0.629. The average molecular weight is 381 g/mol. The van der Waals surface area contributed by atoms with E-state index in [1.807, 2.05) is 25.1 Å². The van der Waals surface area contributed by atoms with Gasteiger partial charge in [-0.3, -0.25) is 9.59 Å². The lowest BCUT2D eigenvalue weighted by molar-refractivity contribution is -0.140. The number of benzene rings is 2. The predicted octanol–water partition coefficient (Wildman–Crippen LogP) is 3.93. The predicted molar refractivity (Wildman–Crippen MR) is 107 cm³/mol. The third kappa shape index (κ3) is 3.98. The lowest BCUT2D eigenvalue weighted by Crippen LogP contribution is -2.20. The maximum absolute atomic E-state index is 12.6. The van der Waals surface area contributed by atoms with Gasteiger partial charge < -0.3 is 21.1 Å². The normalized spacial score (nSPS) is 19.4. The molecular weight excluding hydrogens is 358 g/mol. The number of aliphatic carboxylic acids is 1. The molecule has 1 saturated carbocycles. The standard InChI is InChI=1S/C21H23N3O4/c1-12-9-10-14(23-20(28)22-13-7-5-4-6-8-13)11-15(12)24-18(25)16-17(19(26)27)21(16,2)3/h4-11,16-17H,1-3H3,(H,24,25)(H,26,27)(H2,22,23,28)/t16-,17+/m0/s1. The number of urea groups is 1. The van der Waals surface area contributed by atoms with Crippen molar-refractivity contribution in [3.63, 3.8) is 0 Å². The summed E-state index contributed by atoms with van der Waals surface area (Å²) in [7, 11) is 0. The van der Waals surface area contributed by atoms with Crippen molar-refractivity contribution in [3.8, 4) is 0 Å². The van der Waals surface area contributed by atoms with Crippen LogP contribution in [0.5, 0.6) is 0 Å². The number of anilines is 3. The Kier molecular flexibility index (Phi) is 5.09. The van der Waals surface area contributed by atoms with Gasteiger partial charge in [-0.05, 0) is 42.2 Å². The van der Waals surface area contributed by atoms with Crippen molar-refractivity contribution in [2.75, 3.05) is 16.0 Å². The number of carbonyl (C=O) groups is 3. The lowest BCUT2D eigenvalue weighted by Gasteiger charge is -2.13. The number of rotatable bonds is 5. The smallest absolute Gasteiger partial charge is 0.323 e. The first-order valence-electron chi connectivity index (χ1n) is 8.97. The summed E-state index contributed by atoms with van der Waals surface area (Å²) in [6.07, 6.45) is 0. The number of hydrogen-bond acceptors (Lipinski definition) is 3. The number of carboxylic acids is 1. The van der Waals surface area contributed by atoms with Gasteiger partial charge in [0.05, 0.1) is 11.8 Å². The topological polar surface area (TPSA) is 108 Å². The Morgan fingerprint density at radius 2 is 1.54 bits per heavy atom. The molecule has 28 heavy (non-hydrogen) atoms. The minimum absolute atomic E-state index is 0.327. The molecule has 3 amide bonds. The van der Waals surface area contributed by atoms with Crippen LogP contribution < -0.4 is 16.0 Å². The molecule has 7 nitrogen and oxygen atoms in total. The molecule has 146 valence electrons. The molecule has 0 aliphatic heterocycles. The van der Waals surface area contributed by atoms with Crippen LogP contribution in [0.4, 0.5) is 21.9 Å². The summed E-state index contributed by atoms with van der Waals surface area (Å²) >= 11 is 0. The fourth-order valence-corrected chi connectivity index (χ4v) is 3.45. The molecule has 0 saturated heterocycles. The van der Waals surface area contributed by atoms with Crippen LogP contribution in [0.3, 0.4) is 0 Å². The van der Waals surface area contributed by atoms with Crippen molar-refractivity contribution in [1.29, 1.82) is 0 Å². The van der Waals surface area contributed by atoms with Crippen LogP contribution in [0.25, 0.3) is 0 Å². The van der Waals surface area contributed by atoms with E-state index in [0.29, 0.717) is 17.1 Å². The first-order chi connectivity index (χ1) is 13.2. The van der Waals surface area contributed by atoms with Gasteiger partial charge in [0, 0.05) is 17.1 Å². The Morgan fingerprint density at radius 3 is 2.14 bits per heavy atom. The molecule has 1 fully saturated rings. The Balaban J connectivity index is 1.67. The summed E-state index contributed by atoms with van der Waals surface area (Å²) in [6, 6.07) is 13.8. The molecule has 0 heterocycles. The number of para-hydroxylation sites is 1. The number of carbonyl (C=O) groups excluding carboxylic acids is 2. The van der Waals surface area contributed by atoms with Crippen molar-refractivity contribution in [3.05, 3.63) is 54.1 Å². The Morgan fingerprint density at radius 1 is 0.893 bits per heavy atom. The van der Waals surface area contributed by atoms with E-state index >= 15 is 0 Å². The third-order valence-electron chi connectivity index (χ3n) is 5.16. The van der Waals surface area contributed by atoms with E-state index in [1.54, 1.807) is 44.2 Å². The molecule has 4 N–H and O–H groups in total. The molecule has 2 aromatic rings. The molecular formula is C21H23N3O4. The van der Waals surface area contributed by atoms with Crippen LogP contribution in [0.15, 0.2) is 48.5 Å². The highest BCUT2D eigenvalue weighted by molar-refractivity contribution is 6.02. The van der Waals surface area contributed by atoms with Gasteiger partial charge in [-0.1, -0.05) is 38.1 Å². The number of hydrogen-bond donors (Lipinski definition) is 4. The van der Waals surface area contributed by atoms with E-state index in [1.165, 1.54) is 0 Å². The molecule has 2 aromatic carbocycles. The highest BCUT2D eigenvalue weighted by atomic mass is 16.4. The van der Waals surface area contributed by atoms with E-state index in [9.17, 15) is 19.5 Å². The first-order valence-corrected chi connectivity index (χ1v) is 8.97. The summed E-state index contributed by atoms with van der Waals surface area (Å²) in [4.78, 5) is 36.0. The van der Waals surface area contributed by atoms with E-state index in [2.05, 4.69) is 16.0 Å². The van der Waals surface area contributed by atoms with Crippen LogP contribution in [-0.2, 0) is 9.59 Å². The van der Waals surface area contributed by atoms with E-state index in [4.69, 9.17) is 0 Å². The monoisotopic (exact) mass is 381 g/mol. The maximum Gasteiger partial charge on any atom is 0.323 e. The summed E-state index contributed by atoms with van der Waals surface area (Å²) < 4.78 is 0. The van der Waals surface area contributed by atoms with E-state index in [-0.39, 0.29) is 5.91 Å². The summed E-state index contributed by atoms with van der Waals surface area (Å²) in [5.74, 6) is -2.56. The first kappa shape index (κ1) is 19.4.